The molecule has 1 aromatic rings. The van der Waals surface area contributed by atoms with Crippen LogP contribution < -0.4 is 5.32 Å². The summed E-state index contributed by atoms with van der Waals surface area (Å²) in [6, 6.07) is 12.2. The van der Waals surface area contributed by atoms with Gasteiger partial charge in [0.2, 0.25) is 0 Å². The van der Waals surface area contributed by atoms with Gasteiger partial charge in [-0.2, -0.15) is 0 Å². The standard InChI is InChI=1S/C18H30N2/c1-3-19-18(16-10-6-5-7-11-16)14-15-20(4-2)17-12-8-9-13-17/h5-7,10-11,17-19H,3-4,8-9,12-15H2,1-2H3. The van der Waals surface area contributed by atoms with E-state index in [2.05, 4.69) is 54.4 Å². The fourth-order valence-corrected chi connectivity index (χ4v) is 3.48. The molecule has 2 heteroatoms. The number of hydrogen-bond donors (Lipinski definition) is 1. The molecular weight excluding hydrogens is 244 g/mol. The molecule has 2 nitrogen and oxygen atoms in total. The van der Waals surface area contributed by atoms with Crippen LogP contribution in [0.2, 0.25) is 0 Å². The van der Waals surface area contributed by atoms with Crippen molar-refractivity contribution in [2.24, 2.45) is 0 Å². The lowest BCUT2D eigenvalue weighted by Gasteiger charge is -2.29. The van der Waals surface area contributed by atoms with Gasteiger partial charge < -0.3 is 10.2 Å². The second-order valence-electron chi connectivity index (χ2n) is 5.88. The van der Waals surface area contributed by atoms with Gasteiger partial charge in [0.05, 0.1) is 0 Å². The number of hydrogen-bond acceptors (Lipinski definition) is 2. The smallest absolute Gasteiger partial charge is 0.0332 e. The fraction of sp³-hybridized carbons (Fsp3) is 0.667. The molecule has 1 atom stereocenters. The van der Waals surface area contributed by atoms with Gasteiger partial charge in [-0.25, -0.2) is 0 Å². The van der Waals surface area contributed by atoms with E-state index < -0.39 is 0 Å². The second-order valence-corrected chi connectivity index (χ2v) is 5.88. The lowest BCUT2D eigenvalue weighted by molar-refractivity contribution is 0.198. The summed E-state index contributed by atoms with van der Waals surface area (Å²) in [6.07, 6.45) is 6.88. The van der Waals surface area contributed by atoms with Gasteiger partial charge in [0.15, 0.2) is 0 Å². The Morgan fingerprint density at radius 2 is 1.85 bits per heavy atom. The summed E-state index contributed by atoms with van der Waals surface area (Å²) in [7, 11) is 0. The minimum atomic E-state index is 0.497. The Kier molecular flexibility index (Phi) is 6.55. The molecule has 0 spiro atoms. The first-order chi connectivity index (χ1) is 9.85. The molecule has 1 aliphatic rings. The third-order valence-corrected chi connectivity index (χ3v) is 4.60. The van der Waals surface area contributed by atoms with E-state index in [-0.39, 0.29) is 0 Å². The summed E-state index contributed by atoms with van der Waals surface area (Å²) in [5.41, 5.74) is 1.43. The number of nitrogens with one attached hydrogen (secondary N) is 1. The Morgan fingerprint density at radius 3 is 2.45 bits per heavy atom. The van der Waals surface area contributed by atoms with E-state index in [4.69, 9.17) is 0 Å². The van der Waals surface area contributed by atoms with Gasteiger partial charge in [0, 0.05) is 18.6 Å². The van der Waals surface area contributed by atoms with Crippen LogP contribution in [0.4, 0.5) is 0 Å². The fourth-order valence-electron chi connectivity index (χ4n) is 3.48. The first-order valence-corrected chi connectivity index (χ1v) is 8.37. The van der Waals surface area contributed by atoms with Gasteiger partial charge >= 0.3 is 0 Å². The van der Waals surface area contributed by atoms with Crippen LogP contribution in [-0.4, -0.2) is 30.6 Å². The normalized spacial score (nSPS) is 17.8. The molecule has 1 aliphatic carbocycles. The zero-order valence-corrected chi connectivity index (χ0v) is 13.1. The van der Waals surface area contributed by atoms with Gasteiger partial charge in [0.1, 0.15) is 0 Å². The third-order valence-electron chi connectivity index (χ3n) is 4.60. The Bertz CT molecular complexity index is 357. The van der Waals surface area contributed by atoms with Crippen LogP contribution >= 0.6 is 0 Å². The molecule has 0 saturated heterocycles. The largest absolute Gasteiger partial charge is 0.310 e. The maximum Gasteiger partial charge on any atom is 0.0332 e. The third kappa shape index (κ3) is 4.32. The van der Waals surface area contributed by atoms with Gasteiger partial charge in [0.25, 0.3) is 0 Å². The molecule has 1 unspecified atom stereocenters. The van der Waals surface area contributed by atoms with E-state index in [0.29, 0.717) is 6.04 Å². The summed E-state index contributed by atoms with van der Waals surface area (Å²) in [4.78, 5) is 2.69. The molecule has 2 rings (SSSR count). The minimum Gasteiger partial charge on any atom is -0.310 e. The molecule has 0 heterocycles. The SMILES string of the molecule is CCNC(CCN(CC)C1CCCC1)c1ccccc1. The highest BCUT2D eigenvalue weighted by atomic mass is 15.2. The maximum absolute atomic E-state index is 3.64. The molecule has 0 radical (unpaired) electrons. The minimum absolute atomic E-state index is 0.497. The Hall–Kier alpha value is -0.860. The highest BCUT2D eigenvalue weighted by molar-refractivity contribution is 5.18. The monoisotopic (exact) mass is 274 g/mol. The van der Waals surface area contributed by atoms with Crippen LogP contribution in [0.1, 0.15) is 57.6 Å². The first-order valence-electron chi connectivity index (χ1n) is 8.37. The van der Waals surface area contributed by atoms with Crippen LogP contribution in [0.25, 0.3) is 0 Å². The summed E-state index contributed by atoms with van der Waals surface area (Å²) < 4.78 is 0. The predicted octanol–water partition coefficient (Wildman–Crippen LogP) is 3.99. The lowest BCUT2D eigenvalue weighted by atomic mass is 10.0. The quantitative estimate of drug-likeness (QED) is 0.771. The van der Waals surface area contributed by atoms with E-state index in [1.807, 2.05) is 0 Å². The van der Waals surface area contributed by atoms with Crippen molar-refractivity contribution in [3.8, 4) is 0 Å². The van der Waals surface area contributed by atoms with E-state index in [1.165, 1.54) is 50.8 Å². The molecule has 0 amide bonds. The van der Waals surface area contributed by atoms with Crippen LogP contribution in [0.3, 0.4) is 0 Å². The van der Waals surface area contributed by atoms with Gasteiger partial charge in [-0.3, -0.25) is 0 Å². The number of nitrogens with zero attached hydrogens (tertiary/aromatic N) is 1. The highest BCUT2D eigenvalue weighted by Gasteiger charge is 2.22. The number of rotatable bonds is 8. The van der Waals surface area contributed by atoms with Crippen LogP contribution in [0.5, 0.6) is 0 Å². The zero-order chi connectivity index (χ0) is 14.2. The Balaban J connectivity index is 1.90. The zero-order valence-electron chi connectivity index (χ0n) is 13.1. The Labute approximate surface area is 124 Å². The van der Waals surface area contributed by atoms with Crippen molar-refractivity contribution < 1.29 is 0 Å². The van der Waals surface area contributed by atoms with Crippen molar-refractivity contribution in [3.63, 3.8) is 0 Å². The molecule has 112 valence electrons. The molecular formula is C18H30N2. The average Bonchev–Trinajstić information content (AvgIpc) is 3.02. The Morgan fingerprint density at radius 1 is 1.15 bits per heavy atom. The predicted molar refractivity (Wildman–Crippen MR) is 87.0 cm³/mol. The van der Waals surface area contributed by atoms with Crippen LogP contribution in [0, 0.1) is 0 Å². The van der Waals surface area contributed by atoms with Crippen LogP contribution in [0.15, 0.2) is 30.3 Å². The van der Waals surface area contributed by atoms with Crippen molar-refractivity contribution in [1.29, 1.82) is 0 Å². The van der Waals surface area contributed by atoms with E-state index in [1.54, 1.807) is 0 Å². The summed E-state index contributed by atoms with van der Waals surface area (Å²) in [5.74, 6) is 0. The highest BCUT2D eigenvalue weighted by Crippen LogP contribution is 2.25. The maximum atomic E-state index is 3.64. The molecule has 0 aliphatic heterocycles. The van der Waals surface area contributed by atoms with Crippen molar-refractivity contribution in [3.05, 3.63) is 35.9 Å². The summed E-state index contributed by atoms with van der Waals surface area (Å²) in [6.45, 7) is 7.95. The molecule has 1 fully saturated rings. The summed E-state index contributed by atoms with van der Waals surface area (Å²) in [5, 5.41) is 3.64. The van der Waals surface area contributed by atoms with Crippen molar-refractivity contribution in [2.75, 3.05) is 19.6 Å². The van der Waals surface area contributed by atoms with Gasteiger partial charge in [-0.15, -0.1) is 0 Å². The summed E-state index contributed by atoms with van der Waals surface area (Å²) >= 11 is 0. The van der Waals surface area contributed by atoms with E-state index >= 15 is 0 Å². The van der Waals surface area contributed by atoms with Gasteiger partial charge in [-0.1, -0.05) is 57.0 Å². The molecule has 1 aromatic carbocycles. The average molecular weight is 274 g/mol. The molecule has 20 heavy (non-hydrogen) atoms. The topological polar surface area (TPSA) is 15.3 Å². The van der Waals surface area contributed by atoms with Crippen molar-refractivity contribution in [2.45, 2.75) is 58.0 Å². The van der Waals surface area contributed by atoms with Gasteiger partial charge in [-0.05, 0) is 37.9 Å². The van der Waals surface area contributed by atoms with E-state index in [0.717, 1.165) is 12.6 Å². The van der Waals surface area contributed by atoms with Crippen LogP contribution in [-0.2, 0) is 0 Å². The number of benzene rings is 1. The molecule has 1 N–H and O–H groups in total. The molecule has 0 aromatic heterocycles. The van der Waals surface area contributed by atoms with Crippen molar-refractivity contribution in [1.82, 2.24) is 10.2 Å². The lowest BCUT2D eigenvalue weighted by Crippen LogP contribution is -2.36. The van der Waals surface area contributed by atoms with E-state index in [9.17, 15) is 0 Å². The van der Waals surface area contributed by atoms with Crippen molar-refractivity contribution >= 4 is 0 Å². The second kappa shape index (κ2) is 8.43. The molecule has 0 bridgehead atoms. The first kappa shape index (κ1) is 15.5. The molecule has 1 saturated carbocycles.